The average Bonchev–Trinajstić information content (AvgIpc) is 2.83. The standard InChI is InChI=1S/C26H22BrClN4/c1-30-24-9-2-19(3-10-24)12-13-31-14-15-32(25-11-6-22(27)16-21(25)17-29)26(18-31)20-4-7-23(28)8-5-20/h2-11,16,26H,12-15,18H2. The van der Waals surface area contributed by atoms with Crippen molar-refractivity contribution in [3.63, 3.8) is 0 Å². The van der Waals surface area contributed by atoms with E-state index in [1.165, 1.54) is 11.1 Å². The molecule has 3 aromatic carbocycles. The minimum atomic E-state index is 0.124. The molecule has 0 saturated carbocycles. The summed E-state index contributed by atoms with van der Waals surface area (Å²) in [5.74, 6) is 0. The third kappa shape index (κ3) is 5.14. The SMILES string of the molecule is [C-]#[N+]c1ccc(CCN2CCN(c3ccc(Br)cc3C#N)C(c3ccc(Cl)cc3)C2)cc1. The van der Waals surface area contributed by atoms with Gasteiger partial charge in [0.05, 0.1) is 23.9 Å². The zero-order chi connectivity index (χ0) is 22.5. The summed E-state index contributed by atoms with van der Waals surface area (Å²) in [5.41, 5.74) is 4.74. The Kier molecular flexibility index (Phi) is 7.12. The number of nitriles is 1. The Hall–Kier alpha value is -2.83. The van der Waals surface area contributed by atoms with E-state index in [1.54, 1.807) is 0 Å². The minimum absolute atomic E-state index is 0.124. The number of nitrogens with zero attached hydrogens (tertiary/aromatic N) is 4. The molecular formula is C26H22BrClN4. The van der Waals surface area contributed by atoms with Crippen LogP contribution < -0.4 is 4.90 Å². The molecule has 0 radical (unpaired) electrons. The molecule has 0 N–H and O–H groups in total. The van der Waals surface area contributed by atoms with Crippen LogP contribution in [0.2, 0.25) is 5.02 Å². The van der Waals surface area contributed by atoms with Crippen LogP contribution in [-0.4, -0.2) is 31.1 Å². The molecule has 0 amide bonds. The van der Waals surface area contributed by atoms with Crippen molar-refractivity contribution in [2.24, 2.45) is 0 Å². The van der Waals surface area contributed by atoms with Gasteiger partial charge in [0.25, 0.3) is 0 Å². The first-order chi connectivity index (χ1) is 15.6. The van der Waals surface area contributed by atoms with Crippen molar-refractivity contribution >= 4 is 38.9 Å². The molecule has 1 aliphatic heterocycles. The summed E-state index contributed by atoms with van der Waals surface area (Å²) in [6, 6.07) is 24.3. The lowest BCUT2D eigenvalue weighted by atomic mass is 9.99. The van der Waals surface area contributed by atoms with E-state index >= 15 is 0 Å². The third-order valence-corrected chi connectivity index (χ3v) is 6.64. The molecule has 1 unspecified atom stereocenters. The number of hydrogen-bond acceptors (Lipinski definition) is 3. The molecule has 4 nitrogen and oxygen atoms in total. The maximum absolute atomic E-state index is 9.72. The van der Waals surface area contributed by atoms with Crippen LogP contribution in [-0.2, 0) is 6.42 Å². The van der Waals surface area contributed by atoms with Gasteiger partial charge in [0.15, 0.2) is 5.69 Å². The molecule has 1 atom stereocenters. The van der Waals surface area contributed by atoms with Crippen LogP contribution in [0.1, 0.15) is 22.7 Å². The molecule has 1 fully saturated rings. The van der Waals surface area contributed by atoms with E-state index in [0.717, 1.165) is 47.8 Å². The normalized spacial score (nSPS) is 16.4. The molecule has 6 heteroatoms. The highest BCUT2D eigenvalue weighted by Gasteiger charge is 2.29. The van der Waals surface area contributed by atoms with E-state index in [9.17, 15) is 5.26 Å². The maximum atomic E-state index is 9.72. The Balaban J connectivity index is 1.56. The highest BCUT2D eigenvalue weighted by Crippen LogP contribution is 2.34. The van der Waals surface area contributed by atoms with Crippen molar-refractivity contribution < 1.29 is 0 Å². The van der Waals surface area contributed by atoms with E-state index in [-0.39, 0.29) is 6.04 Å². The Morgan fingerprint density at radius 1 is 1.06 bits per heavy atom. The molecule has 1 saturated heterocycles. The molecule has 1 heterocycles. The van der Waals surface area contributed by atoms with Crippen molar-refractivity contribution in [3.8, 4) is 6.07 Å². The zero-order valence-corrected chi connectivity index (χ0v) is 19.9. The fraction of sp³-hybridized carbons (Fsp3) is 0.231. The van der Waals surface area contributed by atoms with Gasteiger partial charge in [0, 0.05) is 35.7 Å². The summed E-state index contributed by atoms with van der Waals surface area (Å²) in [7, 11) is 0. The van der Waals surface area contributed by atoms with Gasteiger partial charge in [-0.25, -0.2) is 4.85 Å². The number of halogens is 2. The molecule has 4 rings (SSSR count). The predicted molar refractivity (Wildman–Crippen MR) is 133 cm³/mol. The summed E-state index contributed by atoms with van der Waals surface area (Å²) in [5, 5.41) is 10.4. The van der Waals surface area contributed by atoms with Gasteiger partial charge >= 0.3 is 0 Å². The maximum Gasteiger partial charge on any atom is 0.187 e. The third-order valence-electron chi connectivity index (χ3n) is 5.89. The van der Waals surface area contributed by atoms with Gasteiger partial charge in [-0.15, -0.1) is 0 Å². The monoisotopic (exact) mass is 504 g/mol. The Bertz CT molecular complexity index is 1160. The summed E-state index contributed by atoms with van der Waals surface area (Å²) in [4.78, 5) is 8.28. The van der Waals surface area contributed by atoms with Gasteiger partial charge in [-0.1, -0.05) is 63.9 Å². The molecular weight excluding hydrogens is 484 g/mol. The summed E-state index contributed by atoms with van der Waals surface area (Å²) in [6.45, 7) is 10.7. The lowest BCUT2D eigenvalue weighted by molar-refractivity contribution is 0.226. The van der Waals surface area contributed by atoms with Crippen molar-refractivity contribution in [3.05, 3.63) is 104 Å². The fourth-order valence-electron chi connectivity index (χ4n) is 4.17. The molecule has 160 valence electrons. The van der Waals surface area contributed by atoms with Crippen molar-refractivity contribution in [1.82, 2.24) is 4.90 Å². The van der Waals surface area contributed by atoms with Crippen LogP contribution in [0, 0.1) is 17.9 Å². The number of hydrogen-bond donors (Lipinski definition) is 0. The van der Waals surface area contributed by atoms with Gasteiger partial charge in [-0.05, 0) is 47.9 Å². The first-order valence-corrected chi connectivity index (χ1v) is 11.6. The van der Waals surface area contributed by atoms with Crippen LogP contribution in [0.25, 0.3) is 4.85 Å². The number of anilines is 1. The largest absolute Gasteiger partial charge is 0.361 e. The van der Waals surface area contributed by atoms with E-state index in [2.05, 4.69) is 48.8 Å². The molecule has 32 heavy (non-hydrogen) atoms. The molecule has 0 aromatic heterocycles. The van der Waals surface area contributed by atoms with Gasteiger partial charge in [-0.2, -0.15) is 5.26 Å². The second-order valence-corrected chi connectivity index (χ2v) is 9.21. The summed E-state index contributed by atoms with van der Waals surface area (Å²) >= 11 is 9.63. The topological polar surface area (TPSA) is 34.6 Å². The molecule has 3 aromatic rings. The van der Waals surface area contributed by atoms with Gasteiger partial charge in [-0.3, -0.25) is 4.90 Å². The lowest BCUT2D eigenvalue weighted by Crippen LogP contribution is -2.49. The van der Waals surface area contributed by atoms with Crippen LogP contribution in [0.5, 0.6) is 0 Å². The second-order valence-electron chi connectivity index (χ2n) is 7.86. The highest BCUT2D eigenvalue weighted by atomic mass is 79.9. The smallest absolute Gasteiger partial charge is 0.187 e. The van der Waals surface area contributed by atoms with Gasteiger partial charge < -0.3 is 4.90 Å². The Morgan fingerprint density at radius 2 is 1.81 bits per heavy atom. The number of piperazine rings is 1. The van der Waals surface area contributed by atoms with Crippen LogP contribution in [0.3, 0.4) is 0 Å². The first kappa shape index (κ1) is 22.4. The first-order valence-electron chi connectivity index (χ1n) is 10.5. The fourth-order valence-corrected chi connectivity index (χ4v) is 4.66. The van der Waals surface area contributed by atoms with E-state index < -0.39 is 0 Å². The second kappa shape index (κ2) is 10.2. The van der Waals surface area contributed by atoms with Crippen molar-refractivity contribution in [1.29, 1.82) is 5.26 Å². The lowest BCUT2D eigenvalue weighted by Gasteiger charge is -2.43. The summed E-state index contributed by atoms with van der Waals surface area (Å²) < 4.78 is 0.906. The summed E-state index contributed by atoms with van der Waals surface area (Å²) in [6.07, 6.45) is 0.938. The zero-order valence-electron chi connectivity index (χ0n) is 17.5. The quantitative estimate of drug-likeness (QED) is 0.365. The predicted octanol–water partition coefficient (Wildman–Crippen LogP) is 6.63. The highest BCUT2D eigenvalue weighted by molar-refractivity contribution is 9.10. The van der Waals surface area contributed by atoms with E-state index in [0.29, 0.717) is 11.3 Å². The van der Waals surface area contributed by atoms with Gasteiger partial charge in [0.2, 0.25) is 0 Å². The van der Waals surface area contributed by atoms with Crippen molar-refractivity contribution in [2.45, 2.75) is 12.5 Å². The van der Waals surface area contributed by atoms with Gasteiger partial charge in [0.1, 0.15) is 6.07 Å². The molecule has 0 aliphatic carbocycles. The molecule has 0 spiro atoms. The van der Waals surface area contributed by atoms with E-state index in [4.69, 9.17) is 18.2 Å². The van der Waals surface area contributed by atoms with Crippen LogP contribution in [0.15, 0.2) is 71.2 Å². The number of rotatable bonds is 5. The Morgan fingerprint density at radius 3 is 2.50 bits per heavy atom. The van der Waals surface area contributed by atoms with Crippen molar-refractivity contribution in [2.75, 3.05) is 31.1 Å². The van der Waals surface area contributed by atoms with E-state index in [1.807, 2.05) is 54.6 Å². The Labute approximate surface area is 202 Å². The van der Waals surface area contributed by atoms with Crippen LogP contribution in [0.4, 0.5) is 11.4 Å². The minimum Gasteiger partial charge on any atom is -0.361 e. The number of benzene rings is 3. The van der Waals surface area contributed by atoms with Crippen LogP contribution >= 0.6 is 27.5 Å². The average molecular weight is 506 g/mol. The molecule has 1 aliphatic rings. The molecule has 0 bridgehead atoms.